The van der Waals surface area contributed by atoms with Crippen LogP contribution in [-0.2, 0) is 11.3 Å². The Kier molecular flexibility index (Phi) is 6.12. The Morgan fingerprint density at radius 2 is 1.85 bits per heavy atom. The van der Waals surface area contributed by atoms with E-state index >= 15 is 0 Å². The lowest BCUT2D eigenvalue weighted by Crippen LogP contribution is -2.20. The van der Waals surface area contributed by atoms with E-state index in [0.29, 0.717) is 6.61 Å². The molecule has 1 unspecified atom stereocenters. The van der Waals surface area contributed by atoms with Gasteiger partial charge in [-0.1, -0.05) is 30.3 Å². The van der Waals surface area contributed by atoms with E-state index in [1.165, 1.54) is 11.1 Å². The lowest BCUT2D eigenvalue weighted by Gasteiger charge is -2.15. The van der Waals surface area contributed by atoms with Crippen molar-refractivity contribution in [3.63, 3.8) is 0 Å². The SMILES string of the molecule is Cc1cccc(C)c1OCCCCn1c(C(C)NC=O)nc2ccccc21. The number of carbonyl (C=O) groups excluding carboxylic acids is 1. The van der Waals surface area contributed by atoms with Gasteiger partial charge in [0.1, 0.15) is 11.6 Å². The van der Waals surface area contributed by atoms with Crippen molar-refractivity contribution >= 4 is 17.4 Å². The number of para-hydroxylation sites is 3. The molecule has 5 heteroatoms. The molecule has 142 valence electrons. The van der Waals surface area contributed by atoms with Gasteiger partial charge in [0, 0.05) is 6.54 Å². The molecule has 0 spiro atoms. The van der Waals surface area contributed by atoms with Gasteiger partial charge in [0.15, 0.2) is 0 Å². The van der Waals surface area contributed by atoms with Gasteiger partial charge < -0.3 is 14.6 Å². The fourth-order valence-corrected chi connectivity index (χ4v) is 3.41. The molecular weight excluding hydrogens is 338 g/mol. The molecule has 0 radical (unpaired) electrons. The predicted molar refractivity (Wildman–Crippen MR) is 108 cm³/mol. The summed E-state index contributed by atoms with van der Waals surface area (Å²) in [6, 6.07) is 14.2. The number of amides is 1. The van der Waals surface area contributed by atoms with E-state index < -0.39 is 0 Å². The number of nitrogens with one attached hydrogen (secondary N) is 1. The number of fused-ring (bicyclic) bond motifs is 1. The van der Waals surface area contributed by atoms with Crippen molar-refractivity contribution in [1.82, 2.24) is 14.9 Å². The zero-order valence-corrected chi connectivity index (χ0v) is 16.2. The fourth-order valence-electron chi connectivity index (χ4n) is 3.41. The summed E-state index contributed by atoms with van der Waals surface area (Å²) in [4.78, 5) is 15.6. The van der Waals surface area contributed by atoms with E-state index in [1.807, 2.05) is 25.1 Å². The highest BCUT2D eigenvalue weighted by Crippen LogP contribution is 2.23. The van der Waals surface area contributed by atoms with Crippen LogP contribution in [0.4, 0.5) is 0 Å². The number of rotatable bonds is 9. The van der Waals surface area contributed by atoms with Gasteiger partial charge in [-0.05, 0) is 56.9 Å². The molecule has 0 bridgehead atoms. The highest BCUT2D eigenvalue weighted by atomic mass is 16.5. The van der Waals surface area contributed by atoms with Crippen LogP contribution in [0.5, 0.6) is 5.75 Å². The van der Waals surface area contributed by atoms with Crippen LogP contribution in [0.15, 0.2) is 42.5 Å². The van der Waals surface area contributed by atoms with Gasteiger partial charge in [-0.25, -0.2) is 4.98 Å². The molecule has 1 N–H and O–H groups in total. The Morgan fingerprint density at radius 1 is 1.11 bits per heavy atom. The molecule has 2 aromatic carbocycles. The molecule has 3 rings (SSSR count). The number of unbranched alkanes of at least 4 members (excludes halogenated alkanes) is 1. The second-order valence-corrected chi connectivity index (χ2v) is 6.89. The summed E-state index contributed by atoms with van der Waals surface area (Å²) in [5.41, 5.74) is 4.40. The molecule has 5 nitrogen and oxygen atoms in total. The number of nitrogens with zero attached hydrogens (tertiary/aromatic N) is 2. The first-order valence-corrected chi connectivity index (χ1v) is 9.45. The van der Waals surface area contributed by atoms with Crippen LogP contribution in [0.3, 0.4) is 0 Å². The number of aromatic nitrogens is 2. The van der Waals surface area contributed by atoms with E-state index in [0.717, 1.165) is 48.4 Å². The summed E-state index contributed by atoms with van der Waals surface area (Å²) in [5.74, 6) is 1.88. The van der Waals surface area contributed by atoms with Crippen molar-refractivity contribution in [2.45, 2.75) is 46.2 Å². The maximum atomic E-state index is 10.8. The third kappa shape index (κ3) is 4.30. The first kappa shape index (κ1) is 19.0. The topological polar surface area (TPSA) is 56.1 Å². The van der Waals surface area contributed by atoms with E-state index in [1.54, 1.807) is 0 Å². The number of hydrogen-bond donors (Lipinski definition) is 1. The molecule has 0 aliphatic carbocycles. The van der Waals surface area contributed by atoms with Crippen LogP contribution in [0.1, 0.15) is 42.8 Å². The number of hydrogen-bond acceptors (Lipinski definition) is 3. The highest BCUT2D eigenvalue weighted by Gasteiger charge is 2.15. The lowest BCUT2D eigenvalue weighted by molar-refractivity contribution is -0.110. The number of ether oxygens (including phenoxy) is 1. The predicted octanol–water partition coefficient (Wildman–Crippen LogP) is 4.32. The van der Waals surface area contributed by atoms with E-state index in [2.05, 4.69) is 48.0 Å². The van der Waals surface area contributed by atoms with Gasteiger partial charge in [-0.15, -0.1) is 0 Å². The van der Waals surface area contributed by atoms with Gasteiger partial charge in [0.25, 0.3) is 0 Å². The van der Waals surface area contributed by atoms with E-state index in [-0.39, 0.29) is 6.04 Å². The van der Waals surface area contributed by atoms with Crippen LogP contribution in [0, 0.1) is 13.8 Å². The molecule has 0 fully saturated rings. The highest BCUT2D eigenvalue weighted by molar-refractivity contribution is 5.76. The Bertz CT molecular complexity index is 897. The first-order valence-electron chi connectivity index (χ1n) is 9.45. The number of imidazole rings is 1. The van der Waals surface area contributed by atoms with E-state index in [4.69, 9.17) is 9.72 Å². The Morgan fingerprint density at radius 3 is 2.59 bits per heavy atom. The molecule has 0 saturated heterocycles. The smallest absolute Gasteiger partial charge is 0.207 e. The summed E-state index contributed by atoms with van der Waals surface area (Å²) in [6.07, 6.45) is 2.66. The van der Waals surface area contributed by atoms with Crippen LogP contribution < -0.4 is 10.1 Å². The van der Waals surface area contributed by atoms with Crippen molar-refractivity contribution in [2.24, 2.45) is 0 Å². The monoisotopic (exact) mass is 365 g/mol. The summed E-state index contributed by atoms with van der Waals surface area (Å²) in [5, 5.41) is 2.81. The second kappa shape index (κ2) is 8.71. The maximum absolute atomic E-state index is 10.8. The Hall–Kier alpha value is -2.82. The zero-order valence-electron chi connectivity index (χ0n) is 16.2. The van der Waals surface area contributed by atoms with Crippen LogP contribution in [0.25, 0.3) is 11.0 Å². The molecule has 1 heterocycles. The van der Waals surface area contributed by atoms with Crippen LogP contribution >= 0.6 is 0 Å². The molecule has 0 saturated carbocycles. The summed E-state index contributed by atoms with van der Waals surface area (Å²) < 4.78 is 8.21. The lowest BCUT2D eigenvalue weighted by atomic mass is 10.1. The van der Waals surface area contributed by atoms with Gasteiger partial charge in [-0.2, -0.15) is 0 Å². The van der Waals surface area contributed by atoms with Crippen LogP contribution in [-0.4, -0.2) is 22.6 Å². The summed E-state index contributed by atoms with van der Waals surface area (Å²) in [6.45, 7) is 7.64. The zero-order chi connectivity index (χ0) is 19.2. The van der Waals surface area contributed by atoms with Crippen molar-refractivity contribution in [3.8, 4) is 5.75 Å². The van der Waals surface area contributed by atoms with Crippen molar-refractivity contribution in [1.29, 1.82) is 0 Å². The van der Waals surface area contributed by atoms with E-state index in [9.17, 15) is 4.79 Å². The van der Waals surface area contributed by atoms with Gasteiger partial charge in [-0.3, -0.25) is 4.79 Å². The van der Waals surface area contributed by atoms with Crippen LogP contribution in [0.2, 0.25) is 0 Å². The molecule has 1 aromatic heterocycles. The third-order valence-electron chi connectivity index (χ3n) is 4.82. The molecule has 27 heavy (non-hydrogen) atoms. The molecule has 0 aliphatic rings. The normalized spacial score (nSPS) is 12.1. The standard InChI is InChI=1S/C22H27N3O2/c1-16-9-8-10-17(2)21(16)27-14-7-6-13-25-20-12-5-4-11-19(20)24-22(25)18(3)23-15-26/h4-5,8-12,15,18H,6-7,13-14H2,1-3H3,(H,23,26). The average Bonchev–Trinajstić information content (AvgIpc) is 3.03. The minimum Gasteiger partial charge on any atom is -0.493 e. The Labute approximate surface area is 160 Å². The molecule has 1 amide bonds. The first-order chi connectivity index (χ1) is 13.1. The summed E-state index contributed by atoms with van der Waals surface area (Å²) in [7, 11) is 0. The quantitative estimate of drug-likeness (QED) is 0.454. The molecular formula is C22H27N3O2. The van der Waals surface area contributed by atoms with Gasteiger partial charge in [0.05, 0.1) is 23.7 Å². The van der Waals surface area contributed by atoms with Gasteiger partial charge >= 0.3 is 0 Å². The number of carbonyl (C=O) groups is 1. The average molecular weight is 365 g/mol. The molecule has 0 aliphatic heterocycles. The minimum atomic E-state index is -0.124. The molecule has 3 aromatic rings. The second-order valence-electron chi connectivity index (χ2n) is 6.89. The number of benzene rings is 2. The van der Waals surface area contributed by atoms with Crippen molar-refractivity contribution in [3.05, 3.63) is 59.4 Å². The fraction of sp³-hybridized carbons (Fsp3) is 0.364. The van der Waals surface area contributed by atoms with Crippen molar-refractivity contribution < 1.29 is 9.53 Å². The summed E-state index contributed by atoms with van der Waals surface area (Å²) >= 11 is 0. The van der Waals surface area contributed by atoms with Crippen molar-refractivity contribution in [2.75, 3.05) is 6.61 Å². The number of aryl methyl sites for hydroxylation is 3. The largest absolute Gasteiger partial charge is 0.493 e. The minimum absolute atomic E-state index is 0.124. The Balaban J connectivity index is 1.64. The maximum Gasteiger partial charge on any atom is 0.207 e. The third-order valence-corrected chi connectivity index (χ3v) is 4.82. The molecule has 1 atom stereocenters. The van der Waals surface area contributed by atoms with Gasteiger partial charge in [0.2, 0.25) is 6.41 Å².